The average molecular weight is 303 g/mol. The van der Waals surface area contributed by atoms with E-state index < -0.39 is 0 Å². The van der Waals surface area contributed by atoms with Gasteiger partial charge in [0.15, 0.2) is 0 Å². The average Bonchev–Trinajstić information content (AvgIpc) is 2.86. The van der Waals surface area contributed by atoms with Crippen molar-refractivity contribution >= 4 is 17.5 Å². The van der Waals surface area contributed by atoms with Crippen LogP contribution in [0.4, 0.5) is 5.69 Å². The molecule has 1 saturated heterocycles. The van der Waals surface area contributed by atoms with Crippen LogP contribution < -0.4 is 10.2 Å². The minimum absolute atomic E-state index is 0.0253. The summed E-state index contributed by atoms with van der Waals surface area (Å²) >= 11 is 0. The Morgan fingerprint density at radius 2 is 2.00 bits per heavy atom. The monoisotopic (exact) mass is 303 g/mol. The third-order valence-electron chi connectivity index (χ3n) is 3.91. The molecular formula is C17H25N3O2. The van der Waals surface area contributed by atoms with Crippen LogP contribution in [0.2, 0.25) is 0 Å². The predicted molar refractivity (Wildman–Crippen MR) is 87.9 cm³/mol. The molecule has 1 heterocycles. The van der Waals surface area contributed by atoms with Gasteiger partial charge in [0.05, 0.1) is 0 Å². The molecule has 5 heteroatoms. The van der Waals surface area contributed by atoms with E-state index in [0.29, 0.717) is 19.4 Å². The van der Waals surface area contributed by atoms with Gasteiger partial charge in [0, 0.05) is 18.7 Å². The fourth-order valence-electron chi connectivity index (χ4n) is 2.69. The summed E-state index contributed by atoms with van der Waals surface area (Å²) < 4.78 is 0. The molecule has 1 aromatic carbocycles. The van der Waals surface area contributed by atoms with Crippen LogP contribution >= 0.6 is 0 Å². The Kier molecular flexibility index (Phi) is 5.55. The van der Waals surface area contributed by atoms with Gasteiger partial charge in [-0.2, -0.15) is 0 Å². The van der Waals surface area contributed by atoms with E-state index in [4.69, 9.17) is 0 Å². The second-order valence-electron chi connectivity index (χ2n) is 6.10. The summed E-state index contributed by atoms with van der Waals surface area (Å²) in [5.41, 5.74) is 1.95. The maximum absolute atomic E-state index is 12.4. The molecule has 1 aliphatic rings. The number of nitrogens with one attached hydrogen (secondary N) is 1. The van der Waals surface area contributed by atoms with Gasteiger partial charge < -0.3 is 10.2 Å². The number of carbonyl (C=O) groups excluding carboxylic acids is 2. The van der Waals surface area contributed by atoms with Gasteiger partial charge in [0.25, 0.3) is 0 Å². The van der Waals surface area contributed by atoms with E-state index in [0.717, 1.165) is 24.2 Å². The van der Waals surface area contributed by atoms with Crippen LogP contribution in [0.25, 0.3) is 0 Å². The van der Waals surface area contributed by atoms with Gasteiger partial charge in [-0.15, -0.1) is 0 Å². The van der Waals surface area contributed by atoms with Gasteiger partial charge in [0.2, 0.25) is 11.8 Å². The van der Waals surface area contributed by atoms with Gasteiger partial charge in [-0.1, -0.05) is 17.7 Å². The van der Waals surface area contributed by atoms with Crippen molar-refractivity contribution in [3.63, 3.8) is 0 Å². The number of carbonyl (C=O) groups is 2. The highest BCUT2D eigenvalue weighted by Gasteiger charge is 2.36. The third kappa shape index (κ3) is 4.07. The SMILES string of the molecule is Cc1ccc(N2C(=O)CCC2C(=O)NCCCN(C)C)cc1. The largest absolute Gasteiger partial charge is 0.354 e. The number of hydrogen-bond donors (Lipinski definition) is 1. The van der Waals surface area contributed by atoms with Crippen molar-refractivity contribution in [1.29, 1.82) is 0 Å². The van der Waals surface area contributed by atoms with Crippen molar-refractivity contribution in [3.05, 3.63) is 29.8 Å². The highest BCUT2D eigenvalue weighted by atomic mass is 16.2. The summed E-state index contributed by atoms with van der Waals surface area (Å²) in [5.74, 6) is -0.0255. The molecule has 1 aliphatic heterocycles. The number of benzene rings is 1. The standard InChI is InChI=1S/C17H25N3O2/c1-13-5-7-14(8-6-13)20-15(9-10-16(20)21)17(22)18-11-4-12-19(2)3/h5-8,15H,4,9-12H2,1-3H3,(H,18,22). The zero-order valence-corrected chi connectivity index (χ0v) is 13.6. The van der Waals surface area contributed by atoms with Crippen LogP contribution in [0, 0.1) is 6.92 Å². The molecule has 0 aromatic heterocycles. The molecule has 1 N–H and O–H groups in total. The lowest BCUT2D eigenvalue weighted by molar-refractivity contribution is -0.123. The van der Waals surface area contributed by atoms with Crippen molar-refractivity contribution in [2.75, 3.05) is 32.1 Å². The Morgan fingerprint density at radius 3 is 2.64 bits per heavy atom. The second-order valence-corrected chi connectivity index (χ2v) is 6.10. The number of hydrogen-bond acceptors (Lipinski definition) is 3. The van der Waals surface area contributed by atoms with Gasteiger partial charge >= 0.3 is 0 Å². The van der Waals surface area contributed by atoms with E-state index in [-0.39, 0.29) is 17.9 Å². The molecular weight excluding hydrogens is 278 g/mol. The topological polar surface area (TPSA) is 52.7 Å². The van der Waals surface area contributed by atoms with Gasteiger partial charge in [-0.3, -0.25) is 14.5 Å². The molecule has 120 valence electrons. The molecule has 0 bridgehead atoms. The van der Waals surface area contributed by atoms with Gasteiger partial charge in [-0.25, -0.2) is 0 Å². The minimum Gasteiger partial charge on any atom is -0.354 e. The Hall–Kier alpha value is -1.88. The molecule has 1 aromatic rings. The van der Waals surface area contributed by atoms with E-state index in [1.807, 2.05) is 45.3 Å². The van der Waals surface area contributed by atoms with Crippen LogP contribution in [0.15, 0.2) is 24.3 Å². The molecule has 0 aliphatic carbocycles. The summed E-state index contributed by atoms with van der Waals surface area (Å²) in [4.78, 5) is 28.2. The first-order valence-corrected chi connectivity index (χ1v) is 7.80. The maximum atomic E-state index is 12.4. The lowest BCUT2D eigenvalue weighted by atomic mass is 10.1. The van der Waals surface area contributed by atoms with Gasteiger partial charge in [-0.05, 0) is 52.5 Å². The Bertz CT molecular complexity index is 525. The molecule has 2 amide bonds. The summed E-state index contributed by atoms with van der Waals surface area (Å²) in [6.07, 6.45) is 1.93. The first-order chi connectivity index (χ1) is 10.5. The summed E-state index contributed by atoms with van der Waals surface area (Å²) in [5, 5.41) is 2.95. The van der Waals surface area contributed by atoms with Crippen molar-refractivity contribution in [3.8, 4) is 0 Å². The normalized spacial score (nSPS) is 18.1. The highest BCUT2D eigenvalue weighted by molar-refractivity contribution is 6.03. The zero-order chi connectivity index (χ0) is 16.1. The summed E-state index contributed by atoms with van der Waals surface area (Å²) in [6.45, 7) is 3.58. The molecule has 5 nitrogen and oxygen atoms in total. The predicted octanol–water partition coefficient (Wildman–Crippen LogP) is 1.56. The minimum atomic E-state index is -0.380. The number of anilines is 1. The lowest BCUT2D eigenvalue weighted by Gasteiger charge is -2.24. The van der Waals surface area contributed by atoms with E-state index in [9.17, 15) is 9.59 Å². The number of amides is 2. The van der Waals surface area contributed by atoms with Crippen LogP contribution in [0.1, 0.15) is 24.8 Å². The smallest absolute Gasteiger partial charge is 0.243 e. The maximum Gasteiger partial charge on any atom is 0.243 e. The van der Waals surface area contributed by atoms with Gasteiger partial charge in [0.1, 0.15) is 6.04 Å². The fourth-order valence-corrected chi connectivity index (χ4v) is 2.69. The molecule has 0 saturated carbocycles. The van der Waals surface area contributed by atoms with E-state index in [2.05, 4.69) is 10.2 Å². The van der Waals surface area contributed by atoms with Crippen LogP contribution in [0.5, 0.6) is 0 Å². The van der Waals surface area contributed by atoms with Crippen molar-refractivity contribution in [1.82, 2.24) is 10.2 Å². The number of aryl methyl sites for hydroxylation is 1. The first kappa shape index (κ1) is 16.5. The first-order valence-electron chi connectivity index (χ1n) is 7.80. The van der Waals surface area contributed by atoms with E-state index in [1.54, 1.807) is 4.90 Å². The molecule has 0 radical (unpaired) electrons. The molecule has 1 atom stereocenters. The molecule has 1 fully saturated rings. The molecule has 0 spiro atoms. The van der Waals surface area contributed by atoms with Crippen LogP contribution in [0.3, 0.4) is 0 Å². The number of rotatable bonds is 6. The van der Waals surface area contributed by atoms with Crippen LogP contribution in [-0.2, 0) is 9.59 Å². The van der Waals surface area contributed by atoms with E-state index >= 15 is 0 Å². The molecule has 1 unspecified atom stereocenters. The zero-order valence-electron chi connectivity index (χ0n) is 13.6. The highest BCUT2D eigenvalue weighted by Crippen LogP contribution is 2.27. The summed E-state index contributed by atoms with van der Waals surface area (Å²) in [6, 6.07) is 7.37. The Labute approximate surface area is 132 Å². The lowest BCUT2D eigenvalue weighted by Crippen LogP contribution is -2.45. The number of nitrogens with zero attached hydrogens (tertiary/aromatic N) is 2. The van der Waals surface area contributed by atoms with Crippen molar-refractivity contribution in [2.24, 2.45) is 0 Å². The second kappa shape index (κ2) is 7.40. The van der Waals surface area contributed by atoms with Crippen molar-refractivity contribution < 1.29 is 9.59 Å². The third-order valence-corrected chi connectivity index (χ3v) is 3.91. The van der Waals surface area contributed by atoms with Crippen molar-refractivity contribution in [2.45, 2.75) is 32.2 Å². The Balaban J connectivity index is 1.98. The quantitative estimate of drug-likeness (QED) is 0.812. The van der Waals surface area contributed by atoms with Crippen LogP contribution in [-0.4, -0.2) is 49.9 Å². The molecule has 2 rings (SSSR count). The molecule has 22 heavy (non-hydrogen) atoms. The van der Waals surface area contributed by atoms with E-state index in [1.165, 1.54) is 0 Å². The Morgan fingerprint density at radius 1 is 1.32 bits per heavy atom. The fraction of sp³-hybridized carbons (Fsp3) is 0.529. The summed E-state index contributed by atoms with van der Waals surface area (Å²) in [7, 11) is 4.02.